The molecule has 0 unspecified atom stereocenters. The molecule has 0 bridgehead atoms. The Balaban J connectivity index is 1.46. The first-order chi connectivity index (χ1) is 12.1. The maximum absolute atomic E-state index is 12.6. The van der Waals surface area contributed by atoms with Crippen LogP contribution < -0.4 is 5.32 Å². The highest BCUT2D eigenvalue weighted by Gasteiger charge is 2.31. The van der Waals surface area contributed by atoms with Crippen molar-refractivity contribution in [3.63, 3.8) is 0 Å². The van der Waals surface area contributed by atoms with E-state index in [1.807, 2.05) is 42.6 Å². The molecule has 4 heterocycles. The molecule has 7 nitrogen and oxygen atoms in total. The van der Waals surface area contributed by atoms with Crippen molar-refractivity contribution in [3.8, 4) is 0 Å². The van der Waals surface area contributed by atoms with E-state index in [9.17, 15) is 4.79 Å². The summed E-state index contributed by atoms with van der Waals surface area (Å²) in [6, 6.07) is 5.73. The van der Waals surface area contributed by atoms with Crippen molar-refractivity contribution >= 4 is 11.6 Å². The Labute approximate surface area is 145 Å². The maximum Gasteiger partial charge on any atom is 0.271 e. The molecule has 3 aromatic rings. The summed E-state index contributed by atoms with van der Waals surface area (Å²) >= 11 is 0. The molecule has 1 saturated heterocycles. The van der Waals surface area contributed by atoms with Gasteiger partial charge in [-0.15, -0.1) is 0 Å². The first kappa shape index (κ1) is 15.8. The van der Waals surface area contributed by atoms with E-state index in [4.69, 9.17) is 9.26 Å². The number of nitrogens with zero attached hydrogens (tertiary/aromatic N) is 3. The summed E-state index contributed by atoms with van der Waals surface area (Å²) < 4.78 is 12.7. The van der Waals surface area contributed by atoms with Gasteiger partial charge in [-0.3, -0.25) is 4.79 Å². The Morgan fingerprint density at radius 2 is 2.20 bits per heavy atom. The number of hydrogen-bond acceptors (Lipinski definition) is 5. The van der Waals surface area contributed by atoms with Crippen LogP contribution in [-0.2, 0) is 11.2 Å². The Morgan fingerprint density at radius 1 is 1.32 bits per heavy atom. The number of ether oxygens (including phenoxy) is 1. The number of carbonyl (C=O) groups excluding carboxylic acids is 1. The molecule has 4 rings (SSSR count). The predicted octanol–water partition coefficient (Wildman–Crippen LogP) is 1.93. The average molecular weight is 340 g/mol. The van der Waals surface area contributed by atoms with Crippen LogP contribution in [-0.4, -0.2) is 39.7 Å². The minimum Gasteiger partial charge on any atom is -0.379 e. The topological polar surface area (TPSA) is 81.7 Å². The summed E-state index contributed by atoms with van der Waals surface area (Å²) in [5.41, 5.74) is 3.14. The van der Waals surface area contributed by atoms with Gasteiger partial charge >= 0.3 is 0 Å². The fourth-order valence-corrected chi connectivity index (χ4v) is 3.18. The summed E-state index contributed by atoms with van der Waals surface area (Å²) in [6.45, 7) is 4.98. The summed E-state index contributed by atoms with van der Waals surface area (Å²) in [4.78, 5) is 17.0. The van der Waals surface area contributed by atoms with Crippen molar-refractivity contribution in [2.24, 2.45) is 5.92 Å². The lowest BCUT2D eigenvalue weighted by molar-refractivity contribution is 0.0920. The average Bonchev–Trinajstić information content (AvgIpc) is 3.28. The van der Waals surface area contributed by atoms with Gasteiger partial charge in [0.15, 0.2) is 0 Å². The molecule has 1 N–H and O–H groups in total. The molecule has 0 aliphatic carbocycles. The quantitative estimate of drug-likeness (QED) is 0.785. The Bertz CT molecular complexity index is 914. The Morgan fingerprint density at radius 3 is 3.00 bits per heavy atom. The Kier molecular flexibility index (Phi) is 4.01. The van der Waals surface area contributed by atoms with Gasteiger partial charge in [0.25, 0.3) is 5.91 Å². The molecule has 0 aromatic carbocycles. The second kappa shape index (κ2) is 6.33. The van der Waals surface area contributed by atoms with E-state index < -0.39 is 0 Å². The van der Waals surface area contributed by atoms with Crippen LogP contribution in [0.5, 0.6) is 0 Å². The monoisotopic (exact) mass is 340 g/mol. The number of pyridine rings is 1. The summed E-state index contributed by atoms with van der Waals surface area (Å²) in [5, 5.41) is 6.95. The number of aryl methyl sites for hydroxylation is 2. The summed E-state index contributed by atoms with van der Waals surface area (Å²) in [5.74, 6) is 0.793. The highest BCUT2D eigenvalue weighted by Crippen LogP contribution is 2.20. The van der Waals surface area contributed by atoms with Gasteiger partial charge in [0, 0.05) is 30.8 Å². The molecule has 1 aliphatic heterocycles. The molecule has 0 radical (unpaired) electrons. The lowest BCUT2D eigenvalue weighted by Crippen LogP contribution is -2.40. The number of aromatic nitrogens is 3. The van der Waals surface area contributed by atoms with Gasteiger partial charge in [0.2, 0.25) is 0 Å². The van der Waals surface area contributed by atoms with E-state index >= 15 is 0 Å². The van der Waals surface area contributed by atoms with E-state index in [1.165, 1.54) is 0 Å². The standard InChI is InChI=1S/C18H20N4O3/c1-11-3-4-17-19-15(8-22(17)7-11)18(23)20-16-10-24-9-13(16)6-14-5-12(2)21-25-14/h3-5,7-8,13,16H,6,9-10H2,1-2H3,(H,20,23)/t13-,16+/m0/s1. The molecule has 3 aromatic heterocycles. The fraction of sp³-hybridized carbons (Fsp3) is 0.389. The number of nitrogens with one attached hydrogen (secondary N) is 1. The van der Waals surface area contributed by atoms with Crippen LogP contribution in [0.3, 0.4) is 0 Å². The van der Waals surface area contributed by atoms with Crippen LogP contribution >= 0.6 is 0 Å². The van der Waals surface area contributed by atoms with Crippen LogP contribution in [0.4, 0.5) is 0 Å². The summed E-state index contributed by atoms with van der Waals surface area (Å²) in [6.07, 6.45) is 4.39. The maximum atomic E-state index is 12.6. The fourth-order valence-electron chi connectivity index (χ4n) is 3.18. The number of fused-ring (bicyclic) bond motifs is 1. The van der Waals surface area contributed by atoms with Crippen LogP contribution in [0.1, 0.15) is 27.5 Å². The third kappa shape index (κ3) is 3.28. The van der Waals surface area contributed by atoms with E-state index in [-0.39, 0.29) is 17.9 Å². The summed E-state index contributed by atoms with van der Waals surface area (Å²) in [7, 11) is 0. The first-order valence-corrected chi connectivity index (χ1v) is 8.34. The van der Waals surface area contributed by atoms with E-state index in [2.05, 4.69) is 15.5 Å². The van der Waals surface area contributed by atoms with Crippen LogP contribution in [0, 0.1) is 19.8 Å². The molecule has 0 spiro atoms. The van der Waals surface area contributed by atoms with Crippen LogP contribution in [0.25, 0.3) is 5.65 Å². The first-order valence-electron chi connectivity index (χ1n) is 8.34. The molecule has 130 valence electrons. The highest BCUT2D eigenvalue weighted by atomic mass is 16.5. The van der Waals surface area contributed by atoms with Gasteiger partial charge in [-0.1, -0.05) is 11.2 Å². The van der Waals surface area contributed by atoms with Gasteiger partial charge in [-0.05, 0) is 25.5 Å². The van der Waals surface area contributed by atoms with Crippen LogP contribution in [0.15, 0.2) is 35.1 Å². The second-order valence-corrected chi connectivity index (χ2v) is 6.61. The van der Waals surface area contributed by atoms with Crippen molar-refractivity contribution in [2.75, 3.05) is 13.2 Å². The minimum atomic E-state index is -0.185. The van der Waals surface area contributed by atoms with Crippen LogP contribution in [0.2, 0.25) is 0 Å². The SMILES string of the molecule is Cc1ccc2nc(C(=O)N[C@@H]3COC[C@@H]3Cc3cc(C)no3)cn2c1. The number of imidazole rings is 1. The third-order valence-electron chi connectivity index (χ3n) is 4.49. The molecule has 7 heteroatoms. The Hall–Kier alpha value is -2.67. The molecular weight excluding hydrogens is 320 g/mol. The zero-order valence-electron chi connectivity index (χ0n) is 14.2. The lowest BCUT2D eigenvalue weighted by atomic mass is 9.98. The normalized spacial score (nSPS) is 20.2. The molecule has 25 heavy (non-hydrogen) atoms. The van der Waals surface area contributed by atoms with Gasteiger partial charge in [-0.25, -0.2) is 4.98 Å². The highest BCUT2D eigenvalue weighted by molar-refractivity contribution is 5.93. The van der Waals surface area contributed by atoms with Crippen molar-refractivity contribution in [1.29, 1.82) is 0 Å². The van der Waals surface area contributed by atoms with Gasteiger partial charge in [0.1, 0.15) is 17.1 Å². The molecule has 0 saturated carbocycles. The number of carbonyl (C=O) groups is 1. The zero-order valence-corrected chi connectivity index (χ0v) is 14.2. The van der Waals surface area contributed by atoms with Gasteiger partial charge < -0.3 is 19.0 Å². The van der Waals surface area contributed by atoms with Gasteiger partial charge in [-0.2, -0.15) is 0 Å². The zero-order chi connectivity index (χ0) is 17.4. The lowest BCUT2D eigenvalue weighted by Gasteiger charge is -2.17. The van der Waals surface area contributed by atoms with E-state index in [0.29, 0.717) is 25.3 Å². The molecule has 2 atom stereocenters. The smallest absolute Gasteiger partial charge is 0.271 e. The van der Waals surface area contributed by atoms with Crippen molar-refractivity contribution in [2.45, 2.75) is 26.3 Å². The minimum absolute atomic E-state index is 0.0653. The number of amides is 1. The number of rotatable bonds is 4. The van der Waals surface area contributed by atoms with Crippen molar-refractivity contribution in [3.05, 3.63) is 53.3 Å². The van der Waals surface area contributed by atoms with Crippen molar-refractivity contribution < 1.29 is 14.1 Å². The molecule has 1 amide bonds. The third-order valence-corrected chi connectivity index (χ3v) is 4.49. The molecular formula is C18H20N4O3. The van der Waals surface area contributed by atoms with E-state index in [1.54, 1.807) is 6.20 Å². The van der Waals surface area contributed by atoms with Gasteiger partial charge in [0.05, 0.1) is 24.9 Å². The largest absolute Gasteiger partial charge is 0.379 e. The predicted molar refractivity (Wildman–Crippen MR) is 90.4 cm³/mol. The molecule has 1 aliphatic rings. The van der Waals surface area contributed by atoms with E-state index in [0.717, 1.165) is 22.7 Å². The second-order valence-electron chi connectivity index (χ2n) is 6.61. The van der Waals surface area contributed by atoms with Crippen molar-refractivity contribution in [1.82, 2.24) is 19.9 Å². The molecule has 1 fully saturated rings. The number of hydrogen-bond donors (Lipinski definition) is 1.